The van der Waals surface area contributed by atoms with Gasteiger partial charge in [0.1, 0.15) is 11.2 Å². The van der Waals surface area contributed by atoms with Crippen molar-refractivity contribution in [3.8, 4) is 5.75 Å². The van der Waals surface area contributed by atoms with Gasteiger partial charge < -0.3 is 19.7 Å². The summed E-state index contributed by atoms with van der Waals surface area (Å²) >= 11 is 3.59. The molecular formula is C12H10O6S. The summed E-state index contributed by atoms with van der Waals surface area (Å²) in [6.45, 7) is 1.51. The lowest BCUT2D eigenvalue weighted by Crippen LogP contribution is -2.29. The number of aliphatic hydroxyl groups is 1. The van der Waals surface area contributed by atoms with E-state index in [9.17, 15) is 19.8 Å². The molecule has 3 rings (SSSR count). The van der Waals surface area contributed by atoms with E-state index in [4.69, 9.17) is 9.52 Å². The van der Waals surface area contributed by atoms with Crippen LogP contribution in [0, 0.1) is 0 Å². The molecule has 0 radical (unpaired) electrons. The van der Waals surface area contributed by atoms with Gasteiger partial charge in [-0.3, -0.25) is 4.79 Å². The number of thiol groups is 1. The van der Waals surface area contributed by atoms with Gasteiger partial charge in [-0.25, -0.2) is 4.79 Å². The summed E-state index contributed by atoms with van der Waals surface area (Å²) in [7, 11) is 0. The maximum atomic E-state index is 11.0. The average Bonchev–Trinajstić information content (AvgIpc) is 2.78. The number of aliphatic hydroxyl groups excluding tert-OH is 1. The lowest BCUT2D eigenvalue weighted by molar-refractivity contribution is -0.136. The molecule has 7 heteroatoms. The van der Waals surface area contributed by atoms with E-state index in [0.29, 0.717) is 21.8 Å². The fraction of sp³-hybridized carbons (Fsp3) is 0.167. The fourth-order valence-electron chi connectivity index (χ4n) is 1.73. The third-order valence-electron chi connectivity index (χ3n) is 2.61. The van der Waals surface area contributed by atoms with E-state index in [1.807, 2.05) is 0 Å². The summed E-state index contributed by atoms with van der Waals surface area (Å²) in [5.74, 6) is -1.26. The van der Waals surface area contributed by atoms with Crippen molar-refractivity contribution in [1.82, 2.24) is 0 Å². The number of aromatic hydroxyl groups is 1. The van der Waals surface area contributed by atoms with E-state index in [2.05, 4.69) is 12.6 Å². The van der Waals surface area contributed by atoms with Gasteiger partial charge in [0.05, 0.1) is 10.5 Å². The van der Waals surface area contributed by atoms with Crippen molar-refractivity contribution in [1.29, 1.82) is 0 Å². The van der Waals surface area contributed by atoms with Crippen LogP contribution in [0.25, 0.3) is 17.4 Å². The van der Waals surface area contributed by atoms with Crippen LogP contribution in [0.4, 0.5) is 0 Å². The molecule has 1 aromatic rings. The highest BCUT2D eigenvalue weighted by molar-refractivity contribution is 7.81. The zero-order valence-corrected chi connectivity index (χ0v) is 10.6. The van der Waals surface area contributed by atoms with Gasteiger partial charge in [0.2, 0.25) is 5.75 Å². The topological polar surface area (TPSA) is 108 Å². The molecule has 0 aliphatic heterocycles. The summed E-state index contributed by atoms with van der Waals surface area (Å²) < 4.78 is 4.75. The highest BCUT2D eigenvalue weighted by atomic mass is 32.1. The van der Waals surface area contributed by atoms with Gasteiger partial charge in [-0.1, -0.05) is 0 Å². The first-order valence-corrected chi connectivity index (χ1v) is 5.78. The fourth-order valence-corrected chi connectivity index (χ4v) is 1.73. The van der Waals surface area contributed by atoms with Crippen LogP contribution >= 0.6 is 12.6 Å². The van der Waals surface area contributed by atoms with Gasteiger partial charge in [0.25, 0.3) is 0 Å². The molecule has 0 aromatic carbocycles. The molecule has 3 N–H and O–H groups in total. The average molecular weight is 282 g/mol. The van der Waals surface area contributed by atoms with Crippen LogP contribution in [0.5, 0.6) is 5.75 Å². The van der Waals surface area contributed by atoms with Crippen molar-refractivity contribution >= 4 is 36.0 Å². The number of hydrogen-bond acceptors (Lipinski definition) is 6. The zero-order valence-electron chi connectivity index (χ0n) is 9.75. The van der Waals surface area contributed by atoms with Crippen molar-refractivity contribution in [2.24, 2.45) is 0 Å². The van der Waals surface area contributed by atoms with Gasteiger partial charge >= 0.3 is 11.6 Å². The van der Waals surface area contributed by atoms with Crippen molar-refractivity contribution < 1.29 is 24.5 Å². The highest BCUT2D eigenvalue weighted by Crippen LogP contribution is 2.27. The second-order valence-electron chi connectivity index (χ2n) is 4.00. The minimum atomic E-state index is -0.877. The molecule has 19 heavy (non-hydrogen) atoms. The van der Waals surface area contributed by atoms with Gasteiger partial charge in [-0.2, -0.15) is 12.6 Å². The Morgan fingerprint density at radius 3 is 2.47 bits per heavy atom. The van der Waals surface area contributed by atoms with E-state index < -0.39 is 22.6 Å². The highest BCUT2D eigenvalue weighted by Gasteiger charge is 2.26. The molecule has 1 aromatic heterocycles. The molecule has 1 atom stereocenters. The molecule has 4 bridgehead atoms. The van der Waals surface area contributed by atoms with Crippen molar-refractivity contribution in [2.45, 2.75) is 12.2 Å². The third kappa shape index (κ3) is 2.12. The summed E-state index contributed by atoms with van der Waals surface area (Å²) in [4.78, 5) is 20.6. The third-order valence-corrected chi connectivity index (χ3v) is 2.83. The van der Waals surface area contributed by atoms with Crippen LogP contribution in [0.3, 0.4) is 0 Å². The summed E-state index contributed by atoms with van der Waals surface area (Å²) in [5.41, 5.74) is 0.588. The Bertz CT molecular complexity index is 769. The second kappa shape index (κ2) is 4.51. The number of allylic oxidation sites excluding steroid dienone is 1. The molecule has 0 saturated heterocycles. The smallest absolute Gasteiger partial charge is 0.379 e. The number of rotatable bonds is 1. The zero-order chi connectivity index (χ0) is 14.3. The maximum Gasteiger partial charge on any atom is 0.379 e. The minimum Gasteiger partial charge on any atom is -0.507 e. The molecule has 0 fully saturated rings. The molecular weight excluding hydrogens is 272 g/mol. The predicted octanol–water partition coefficient (Wildman–Crippen LogP) is -0.408. The van der Waals surface area contributed by atoms with E-state index >= 15 is 0 Å². The van der Waals surface area contributed by atoms with Crippen molar-refractivity contribution in [3.05, 3.63) is 32.7 Å². The van der Waals surface area contributed by atoms with Crippen LogP contribution < -0.4 is 16.3 Å². The van der Waals surface area contributed by atoms with E-state index in [0.717, 1.165) is 0 Å². The maximum absolute atomic E-state index is 11.0. The molecule has 1 unspecified atom stereocenters. The number of carboxylic acids is 1. The number of carbonyl (C=O) groups is 1. The van der Waals surface area contributed by atoms with E-state index in [-0.39, 0.29) is 5.76 Å². The van der Waals surface area contributed by atoms with E-state index in [1.54, 1.807) is 6.08 Å². The molecule has 100 valence electrons. The Labute approximate surface area is 112 Å². The van der Waals surface area contributed by atoms with Crippen LogP contribution in [0.2, 0.25) is 0 Å². The van der Waals surface area contributed by atoms with E-state index in [1.165, 1.54) is 13.0 Å². The minimum absolute atomic E-state index is 0.0431. The van der Waals surface area contributed by atoms with Crippen molar-refractivity contribution in [2.75, 3.05) is 0 Å². The normalized spacial score (nSPS) is 15.3. The Kier molecular flexibility index (Phi) is 3.15. The first-order valence-electron chi connectivity index (χ1n) is 5.27. The van der Waals surface area contributed by atoms with Gasteiger partial charge in [-0.05, 0) is 24.6 Å². The van der Waals surface area contributed by atoms with Crippen LogP contribution in [-0.2, 0) is 4.79 Å². The molecule has 2 aliphatic carbocycles. The number of hydrogen-bond donors (Lipinski definition) is 4. The first kappa shape index (κ1) is 13.3. The lowest BCUT2D eigenvalue weighted by Gasteiger charge is -1.92. The number of carboxylic acid groups (broad SMARTS) is 1. The molecule has 0 spiro atoms. The molecule has 6 nitrogen and oxygen atoms in total. The standard InChI is InChI=1S/C9H4O4.C3H6O2S/c10-4-1-3-2-5-7(4)6(3)8(11)9(12)13-5;1-2(6)3(4)5/h1-2,10-11H;2,6H,1H3,(H,4,5). The largest absolute Gasteiger partial charge is 0.507 e. The molecule has 1 heterocycles. The Hall–Kier alpha value is -2.15. The van der Waals surface area contributed by atoms with Crippen LogP contribution in [0.1, 0.15) is 12.5 Å². The van der Waals surface area contributed by atoms with Gasteiger partial charge in [-0.15, -0.1) is 0 Å². The van der Waals surface area contributed by atoms with Crippen LogP contribution in [0.15, 0.2) is 15.3 Å². The SMILES string of the molecule is CC(S)C(=O)O.O=c1oc2c3c(c1O)C(=CC=3O)C=2. The molecule has 2 aliphatic rings. The predicted molar refractivity (Wildman–Crippen MR) is 70.5 cm³/mol. The Morgan fingerprint density at radius 1 is 1.37 bits per heavy atom. The molecule has 0 saturated carbocycles. The quantitative estimate of drug-likeness (QED) is 0.522. The van der Waals surface area contributed by atoms with Crippen molar-refractivity contribution in [3.63, 3.8) is 0 Å². The summed E-state index contributed by atoms with van der Waals surface area (Å²) in [6, 6.07) is 0. The summed E-state index contributed by atoms with van der Waals surface area (Å²) in [6.07, 6.45) is 3.11. The van der Waals surface area contributed by atoms with Crippen LogP contribution in [-0.4, -0.2) is 26.5 Å². The first-order chi connectivity index (χ1) is 8.82. The Morgan fingerprint density at radius 2 is 1.95 bits per heavy atom. The lowest BCUT2D eigenvalue weighted by atomic mass is 10.2. The van der Waals surface area contributed by atoms with Gasteiger partial charge in [0.15, 0.2) is 0 Å². The second-order valence-corrected chi connectivity index (χ2v) is 4.77. The van der Waals surface area contributed by atoms with Gasteiger partial charge in [0, 0.05) is 5.56 Å². The number of aliphatic carboxylic acids is 1. The Balaban J connectivity index is 0.000000192. The summed E-state index contributed by atoms with van der Waals surface area (Å²) in [5, 5.41) is 26.5. The monoisotopic (exact) mass is 282 g/mol. The molecule has 0 amide bonds.